The minimum absolute atomic E-state index is 0.120. The maximum absolute atomic E-state index is 9.50. The van der Waals surface area contributed by atoms with Crippen LogP contribution >= 0.6 is 15.9 Å². The van der Waals surface area contributed by atoms with Crippen LogP contribution in [0.15, 0.2) is 22.7 Å². The quantitative estimate of drug-likeness (QED) is 0.748. The van der Waals surface area contributed by atoms with E-state index in [9.17, 15) is 5.11 Å². The lowest BCUT2D eigenvalue weighted by Crippen LogP contribution is -2.15. The van der Waals surface area contributed by atoms with Crippen LogP contribution in [-0.2, 0) is 6.42 Å². The number of phenols is 1. The maximum atomic E-state index is 9.50. The van der Waals surface area contributed by atoms with Crippen molar-refractivity contribution >= 4 is 15.9 Å². The zero-order valence-corrected chi connectivity index (χ0v) is 8.53. The molecule has 0 heterocycles. The van der Waals surface area contributed by atoms with E-state index in [4.69, 9.17) is 10.2 Å². The predicted octanol–water partition coefficient (Wildman–Crippen LogP) is 1.05. The minimum atomic E-state index is -0.819. The van der Waals surface area contributed by atoms with Crippen LogP contribution in [0.25, 0.3) is 0 Å². The highest BCUT2D eigenvalue weighted by molar-refractivity contribution is 9.10. The molecule has 3 N–H and O–H groups in total. The molecular formula is C9H11BrO3. The SMILES string of the molecule is OCC(O)Cc1cccc(Br)c1O. The van der Waals surface area contributed by atoms with Crippen LogP contribution < -0.4 is 0 Å². The van der Waals surface area contributed by atoms with Crippen molar-refractivity contribution in [1.29, 1.82) is 0 Å². The van der Waals surface area contributed by atoms with Crippen LogP contribution in [0, 0.1) is 0 Å². The zero-order chi connectivity index (χ0) is 9.84. The number of halogens is 1. The standard InChI is InChI=1S/C9H11BrO3/c10-8-3-1-2-6(9(8)13)4-7(12)5-11/h1-3,7,11-13H,4-5H2. The van der Waals surface area contributed by atoms with Gasteiger partial charge in [-0.05, 0) is 27.6 Å². The van der Waals surface area contributed by atoms with Crippen LogP contribution in [0.5, 0.6) is 5.75 Å². The van der Waals surface area contributed by atoms with E-state index in [1.165, 1.54) is 0 Å². The van der Waals surface area contributed by atoms with Gasteiger partial charge in [-0.25, -0.2) is 0 Å². The minimum Gasteiger partial charge on any atom is -0.506 e. The third kappa shape index (κ3) is 2.69. The van der Waals surface area contributed by atoms with E-state index in [1.54, 1.807) is 18.2 Å². The molecule has 0 aliphatic carbocycles. The van der Waals surface area contributed by atoms with E-state index < -0.39 is 6.10 Å². The molecule has 0 aliphatic heterocycles. The number of para-hydroxylation sites is 1. The Hall–Kier alpha value is -0.580. The molecule has 1 rings (SSSR count). The summed E-state index contributed by atoms with van der Waals surface area (Å²) in [6, 6.07) is 5.19. The van der Waals surface area contributed by atoms with Gasteiger partial charge in [-0.3, -0.25) is 0 Å². The molecule has 72 valence electrons. The van der Waals surface area contributed by atoms with Crippen LogP contribution in [0.3, 0.4) is 0 Å². The second kappa shape index (κ2) is 4.60. The third-order valence-corrected chi connectivity index (χ3v) is 2.38. The largest absolute Gasteiger partial charge is 0.506 e. The fourth-order valence-electron chi connectivity index (χ4n) is 1.04. The van der Waals surface area contributed by atoms with Crippen molar-refractivity contribution in [3.05, 3.63) is 28.2 Å². The van der Waals surface area contributed by atoms with Crippen molar-refractivity contribution in [2.24, 2.45) is 0 Å². The molecule has 0 fully saturated rings. The highest BCUT2D eigenvalue weighted by Gasteiger charge is 2.09. The first-order valence-corrected chi connectivity index (χ1v) is 4.69. The maximum Gasteiger partial charge on any atom is 0.133 e. The molecule has 1 atom stereocenters. The van der Waals surface area contributed by atoms with Crippen molar-refractivity contribution in [2.45, 2.75) is 12.5 Å². The summed E-state index contributed by atoms with van der Waals surface area (Å²) in [4.78, 5) is 0. The van der Waals surface area contributed by atoms with E-state index >= 15 is 0 Å². The number of rotatable bonds is 3. The molecule has 0 amide bonds. The average molecular weight is 247 g/mol. The molecule has 0 radical (unpaired) electrons. The van der Waals surface area contributed by atoms with E-state index in [0.29, 0.717) is 10.0 Å². The lowest BCUT2D eigenvalue weighted by molar-refractivity contribution is 0.0950. The first-order valence-electron chi connectivity index (χ1n) is 3.90. The van der Waals surface area contributed by atoms with Gasteiger partial charge < -0.3 is 15.3 Å². The molecule has 1 aromatic rings. The smallest absolute Gasteiger partial charge is 0.133 e. The van der Waals surface area contributed by atoms with Crippen LogP contribution in [0.2, 0.25) is 0 Å². The average Bonchev–Trinajstić information content (AvgIpc) is 2.13. The molecule has 1 aromatic carbocycles. The van der Waals surface area contributed by atoms with Crippen molar-refractivity contribution in [2.75, 3.05) is 6.61 Å². The second-order valence-electron chi connectivity index (χ2n) is 2.79. The Morgan fingerprint density at radius 3 is 2.69 bits per heavy atom. The molecule has 0 aromatic heterocycles. The van der Waals surface area contributed by atoms with Crippen molar-refractivity contribution < 1.29 is 15.3 Å². The normalized spacial score (nSPS) is 12.8. The first kappa shape index (κ1) is 10.5. The van der Waals surface area contributed by atoms with Gasteiger partial charge in [0, 0.05) is 6.42 Å². The molecule has 0 bridgehead atoms. The number of phenolic OH excluding ortho intramolecular Hbond substituents is 1. The van der Waals surface area contributed by atoms with Crippen LogP contribution in [-0.4, -0.2) is 28.0 Å². The van der Waals surface area contributed by atoms with Gasteiger partial charge in [0.2, 0.25) is 0 Å². The topological polar surface area (TPSA) is 60.7 Å². The Labute approximate surface area is 84.8 Å². The summed E-state index contributed by atoms with van der Waals surface area (Å²) in [6.07, 6.45) is -0.568. The number of hydrogen-bond donors (Lipinski definition) is 3. The number of aromatic hydroxyl groups is 1. The monoisotopic (exact) mass is 246 g/mol. The third-order valence-electron chi connectivity index (χ3n) is 1.74. The number of benzene rings is 1. The highest BCUT2D eigenvalue weighted by Crippen LogP contribution is 2.28. The van der Waals surface area contributed by atoms with Gasteiger partial charge in [0.05, 0.1) is 17.2 Å². The number of hydrogen-bond acceptors (Lipinski definition) is 3. The van der Waals surface area contributed by atoms with Gasteiger partial charge in [-0.15, -0.1) is 0 Å². The molecule has 0 saturated heterocycles. The molecule has 3 nitrogen and oxygen atoms in total. The second-order valence-corrected chi connectivity index (χ2v) is 3.64. The molecule has 0 aliphatic rings. The molecular weight excluding hydrogens is 236 g/mol. The highest BCUT2D eigenvalue weighted by atomic mass is 79.9. The fraction of sp³-hybridized carbons (Fsp3) is 0.333. The molecule has 13 heavy (non-hydrogen) atoms. The zero-order valence-electron chi connectivity index (χ0n) is 6.94. The molecule has 0 spiro atoms. The Morgan fingerprint density at radius 1 is 1.38 bits per heavy atom. The summed E-state index contributed by atoms with van der Waals surface area (Å²) in [5.41, 5.74) is 0.621. The van der Waals surface area contributed by atoms with Crippen LogP contribution in [0.1, 0.15) is 5.56 Å². The van der Waals surface area contributed by atoms with Crippen molar-refractivity contribution in [3.63, 3.8) is 0 Å². The van der Waals surface area contributed by atoms with Gasteiger partial charge in [-0.1, -0.05) is 12.1 Å². The molecule has 0 saturated carbocycles. The molecule has 4 heteroatoms. The molecule has 1 unspecified atom stereocenters. The first-order chi connectivity index (χ1) is 6.15. The van der Waals surface area contributed by atoms with Gasteiger partial charge in [-0.2, -0.15) is 0 Å². The van der Waals surface area contributed by atoms with Gasteiger partial charge in [0.15, 0.2) is 0 Å². The van der Waals surface area contributed by atoms with E-state index in [2.05, 4.69) is 15.9 Å². The number of aliphatic hydroxyl groups excluding tert-OH is 2. The van der Waals surface area contributed by atoms with E-state index in [1.807, 2.05) is 0 Å². The lowest BCUT2D eigenvalue weighted by Gasteiger charge is -2.09. The Balaban J connectivity index is 2.83. The van der Waals surface area contributed by atoms with Gasteiger partial charge >= 0.3 is 0 Å². The van der Waals surface area contributed by atoms with Gasteiger partial charge in [0.1, 0.15) is 5.75 Å². The fourth-order valence-corrected chi connectivity index (χ4v) is 1.45. The van der Waals surface area contributed by atoms with Crippen molar-refractivity contribution in [3.8, 4) is 5.75 Å². The predicted molar refractivity (Wildman–Crippen MR) is 52.6 cm³/mol. The summed E-state index contributed by atoms with van der Waals surface area (Å²) in [5.74, 6) is 0.120. The summed E-state index contributed by atoms with van der Waals surface area (Å²) >= 11 is 3.16. The number of aliphatic hydroxyl groups is 2. The van der Waals surface area contributed by atoms with Crippen molar-refractivity contribution in [1.82, 2.24) is 0 Å². The Bertz CT molecular complexity index is 288. The summed E-state index contributed by atoms with van der Waals surface area (Å²) in [6.45, 7) is -0.300. The summed E-state index contributed by atoms with van der Waals surface area (Å²) in [5, 5.41) is 27.3. The van der Waals surface area contributed by atoms with Crippen LogP contribution in [0.4, 0.5) is 0 Å². The summed E-state index contributed by atoms with van der Waals surface area (Å²) < 4.78 is 0.593. The Kier molecular flexibility index (Phi) is 3.71. The van der Waals surface area contributed by atoms with Gasteiger partial charge in [0.25, 0.3) is 0 Å². The van der Waals surface area contributed by atoms with E-state index in [-0.39, 0.29) is 18.8 Å². The summed E-state index contributed by atoms with van der Waals surface area (Å²) in [7, 11) is 0. The lowest BCUT2D eigenvalue weighted by atomic mass is 10.1. The Morgan fingerprint density at radius 2 is 2.08 bits per heavy atom. The van der Waals surface area contributed by atoms with E-state index in [0.717, 1.165) is 0 Å².